The average Bonchev–Trinajstić information content (AvgIpc) is 3.50. The van der Waals surface area contributed by atoms with Crippen LogP contribution in [0.1, 0.15) is 36.1 Å². The van der Waals surface area contributed by atoms with Crippen LogP contribution in [-0.4, -0.2) is 11.5 Å². The molecule has 0 saturated carbocycles. The molecule has 1 aliphatic heterocycles. The molecule has 0 saturated heterocycles. The Morgan fingerprint density at radius 3 is 1.91 bits per heavy atom. The molecule has 0 aliphatic carbocycles. The number of rotatable bonds is 5. The topological polar surface area (TPSA) is 24.7 Å². The summed E-state index contributed by atoms with van der Waals surface area (Å²) in [5, 5.41) is 7.73. The largest absolute Gasteiger partial charge is 0.257 e. The Balaban J connectivity index is 1.13. The minimum atomic E-state index is -0.0310. The lowest BCUT2D eigenvalue weighted by Crippen LogP contribution is -2.28. The van der Waals surface area contributed by atoms with Crippen molar-refractivity contribution in [3.8, 4) is 11.1 Å². The van der Waals surface area contributed by atoms with Gasteiger partial charge in [0.05, 0.1) is 11.8 Å². The fraction of sp³-hybridized carbons (Fsp3) is 0.0909. The van der Waals surface area contributed by atoms with Gasteiger partial charge in [0.1, 0.15) is 0 Å². The average molecular weight is 621 g/mol. The molecule has 0 amide bonds. The first kappa shape index (κ1) is 27.9. The Labute approximate surface area is 278 Å². The predicted molar refractivity (Wildman–Crippen MR) is 202 cm³/mol. The highest BCUT2D eigenvalue weighted by atomic mass is 32.1. The van der Waals surface area contributed by atoms with Gasteiger partial charge in [-0.25, -0.2) is 4.99 Å². The van der Waals surface area contributed by atoms with Gasteiger partial charge in [-0.15, -0.1) is 11.3 Å². The van der Waals surface area contributed by atoms with Gasteiger partial charge in [0, 0.05) is 31.7 Å². The zero-order valence-corrected chi connectivity index (χ0v) is 26.9. The van der Waals surface area contributed by atoms with Gasteiger partial charge in [-0.1, -0.05) is 134 Å². The SMILES string of the molecule is CCC1C(c2ccc(-c3ccc4ccccc4c3)cc2)=NC(c2ccccc2)=NC1c1ccc2c(c1)sc1cc3ccccc3cc12. The maximum atomic E-state index is 5.38. The van der Waals surface area contributed by atoms with E-state index in [0.29, 0.717) is 0 Å². The van der Waals surface area contributed by atoms with Crippen LogP contribution in [-0.2, 0) is 0 Å². The lowest BCUT2D eigenvalue weighted by molar-refractivity contribution is 0.533. The molecule has 0 radical (unpaired) electrons. The Kier molecular flexibility index (Phi) is 6.80. The number of amidine groups is 1. The summed E-state index contributed by atoms with van der Waals surface area (Å²) in [6.07, 6.45) is 0.942. The molecule has 1 aliphatic rings. The molecule has 0 N–H and O–H groups in total. The van der Waals surface area contributed by atoms with E-state index in [9.17, 15) is 0 Å². The van der Waals surface area contributed by atoms with Crippen LogP contribution in [0.4, 0.5) is 0 Å². The normalized spacial score (nSPS) is 16.5. The molecular weight excluding hydrogens is 589 g/mol. The molecule has 2 nitrogen and oxygen atoms in total. The van der Waals surface area contributed by atoms with Gasteiger partial charge in [0.2, 0.25) is 0 Å². The van der Waals surface area contributed by atoms with Crippen molar-refractivity contribution in [1.29, 1.82) is 0 Å². The van der Waals surface area contributed by atoms with Crippen molar-refractivity contribution >= 4 is 64.6 Å². The standard InChI is InChI=1S/C44H32N2S/c1-2-37-42(30-19-16-29(17-20-30)35-21-18-28-10-6-7-13-32(28)24-35)45-44(31-11-4-3-5-12-31)46-43(37)36-22-23-38-39-25-33-14-8-9-15-34(33)26-41(39)47-40(38)27-36/h3-27,37,43H,2H2,1H3. The van der Waals surface area contributed by atoms with Gasteiger partial charge in [-0.3, -0.25) is 4.99 Å². The fourth-order valence-corrected chi connectivity index (χ4v) is 8.38. The second-order valence-electron chi connectivity index (χ2n) is 12.5. The smallest absolute Gasteiger partial charge is 0.155 e. The van der Waals surface area contributed by atoms with Crippen LogP contribution in [0, 0.1) is 5.92 Å². The summed E-state index contributed by atoms with van der Waals surface area (Å²) < 4.78 is 2.64. The first-order chi connectivity index (χ1) is 23.2. The fourth-order valence-electron chi connectivity index (χ4n) is 7.19. The highest BCUT2D eigenvalue weighted by Crippen LogP contribution is 2.41. The first-order valence-electron chi connectivity index (χ1n) is 16.4. The number of nitrogens with zero attached hydrogens (tertiary/aromatic N) is 2. The predicted octanol–water partition coefficient (Wildman–Crippen LogP) is 12.0. The number of benzene rings is 7. The molecule has 0 spiro atoms. The summed E-state index contributed by atoms with van der Waals surface area (Å²) in [7, 11) is 0. The van der Waals surface area contributed by atoms with Gasteiger partial charge in [-0.2, -0.15) is 0 Å². The molecule has 8 aromatic rings. The van der Waals surface area contributed by atoms with Crippen molar-refractivity contribution in [3.63, 3.8) is 0 Å². The number of hydrogen-bond acceptors (Lipinski definition) is 3. The minimum Gasteiger partial charge on any atom is -0.257 e. The molecule has 9 rings (SSSR count). The van der Waals surface area contributed by atoms with E-state index in [1.807, 2.05) is 17.4 Å². The van der Waals surface area contributed by atoms with Gasteiger partial charge < -0.3 is 0 Å². The monoisotopic (exact) mass is 620 g/mol. The lowest BCUT2D eigenvalue weighted by atomic mass is 9.82. The van der Waals surface area contributed by atoms with E-state index in [1.54, 1.807) is 0 Å². The molecule has 7 aromatic carbocycles. The van der Waals surface area contributed by atoms with Crippen LogP contribution < -0.4 is 0 Å². The van der Waals surface area contributed by atoms with Crippen LogP contribution in [0.3, 0.4) is 0 Å². The Bertz CT molecular complexity index is 2500. The van der Waals surface area contributed by atoms with Crippen molar-refractivity contribution in [2.24, 2.45) is 15.9 Å². The zero-order valence-electron chi connectivity index (χ0n) is 26.1. The number of hydrogen-bond donors (Lipinski definition) is 0. The highest BCUT2D eigenvalue weighted by molar-refractivity contribution is 7.25. The Morgan fingerprint density at radius 2 is 1.15 bits per heavy atom. The Hall–Kier alpha value is -5.38. The summed E-state index contributed by atoms with van der Waals surface area (Å²) >= 11 is 1.88. The van der Waals surface area contributed by atoms with E-state index >= 15 is 0 Å². The molecule has 2 heterocycles. The van der Waals surface area contributed by atoms with Gasteiger partial charge in [0.25, 0.3) is 0 Å². The van der Waals surface area contributed by atoms with Crippen molar-refractivity contribution < 1.29 is 0 Å². The highest BCUT2D eigenvalue weighted by Gasteiger charge is 2.32. The Morgan fingerprint density at radius 1 is 0.511 bits per heavy atom. The molecule has 47 heavy (non-hydrogen) atoms. The van der Waals surface area contributed by atoms with Crippen LogP contribution >= 0.6 is 11.3 Å². The molecule has 224 valence electrons. The van der Waals surface area contributed by atoms with E-state index in [-0.39, 0.29) is 12.0 Å². The van der Waals surface area contributed by atoms with Gasteiger partial charge >= 0.3 is 0 Å². The van der Waals surface area contributed by atoms with Crippen LogP contribution in [0.2, 0.25) is 0 Å². The molecule has 2 unspecified atom stereocenters. The molecule has 0 bridgehead atoms. The summed E-state index contributed by atoms with van der Waals surface area (Å²) in [6, 6.07) is 54.9. The molecular formula is C44H32N2S. The first-order valence-corrected chi connectivity index (χ1v) is 17.2. The molecule has 0 fully saturated rings. The van der Waals surface area contributed by atoms with E-state index < -0.39 is 0 Å². The minimum absolute atomic E-state index is 0.0310. The van der Waals surface area contributed by atoms with Gasteiger partial charge in [0.15, 0.2) is 5.84 Å². The molecule has 1 aromatic heterocycles. The maximum Gasteiger partial charge on any atom is 0.155 e. The van der Waals surface area contributed by atoms with E-state index in [4.69, 9.17) is 9.98 Å². The third-order valence-corrected chi connectivity index (χ3v) is 10.8. The van der Waals surface area contributed by atoms with Crippen LogP contribution in [0.5, 0.6) is 0 Å². The van der Waals surface area contributed by atoms with E-state index in [1.165, 1.54) is 58.4 Å². The number of aliphatic imine (C=N–C) groups is 2. The summed E-state index contributed by atoms with van der Waals surface area (Å²) in [5.74, 6) is 0.958. The zero-order chi connectivity index (χ0) is 31.3. The van der Waals surface area contributed by atoms with Crippen molar-refractivity contribution in [1.82, 2.24) is 0 Å². The quantitative estimate of drug-likeness (QED) is 0.183. The van der Waals surface area contributed by atoms with E-state index in [2.05, 4.69) is 153 Å². The summed E-state index contributed by atoms with van der Waals surface area (Å²) in [6.45, 7) is 2.27. The van der Waals surface area contributed by atoms with Crippen LogP contribution in [0.25, 0.3) is 52.8 Å². The lowest BCUT2D eigenvalue weighted by Gasteiger charge is -2.30. The van der Waals surface area contributed by atoms with Crippen molar-refractivity contribution in [2.45, 2.75) is 19.4 Å². The third kappa shape index (κ3) is 4.95. The van der Waals surface area contributed by atoms with Gasteiger partial charge in [-0.05, 0) is 74.5 Å². The summed E-state index contributed by atoms with van der Waals surface area (Å²) in [4.78, 5) is 10.7. The third-order valence-electron chi connectivity index (χ3n) is 9.66. The summed E-state index contributed by atoms with van der Waals surface area (Å²) in [5.41, 5.74) is 6.99. The van der Waals surface area contributed by atoms with Crippen molar-refractivity contribution in [3.05, 3.63) is 168 Å². The number of fused-ring (bicyclic) bond motifs is 5. The number of thiophene rings is 1. The second-order valence-corrected chi connectivity index (χ2v) is 13.6. The van der Waals surface area contributed by atoms with Crippen LogP contribution in [0.15, 0.2) is 162 Å². The van der Waals surface area contributed by atoms with Crippen molar-refractivity contribution in [2.75, 3.05) is 0 Å². The molecule has 3 heteroatoms. The maximum absolute atomic E-state index is 5.38. The molecule has 2 atom stereocenters. The van der Waals surface area contributed by atoms with E-state index in [0.717, 1.165) is 29.1 Å². The second kappa shape index (κ2) is 11.5.